The summed E-state index contributed by atoms with van der Waals surface area (Å²) in [6, 6.07) is 10.2. The smallest absolute Gasteiger partial charge is 0.368 e. The molecule has 3 aromatic rings. The molecule has 3 heterocycles. The highest BCUT2D eigenvalue weighted by Crippen LogP contribution is 2.31. The minimum atomic E-state index is -4.38. The number of hydrogen-bond donors (Lipinski definition) is 0. The lowest BCUT2D eigenvalue weighted by Gasteiger charge is -2.36. The van der Waals surface area contributed by atoms with Crippen molar-refractivity contribution in [2.24, 2.45) is 0 Å². The monoisotopic (exact) mass is 402 g/mol. The lowest BCUT2D eigenvalue weighted by molar-refractivity contribution is -0.137. The number of aromatic nitrogens is 4. The van der Waals surface area contributed by atoms with E-state index in [1.807, 2.05) is 4.90 Å². The van der Waals surface area contributed by atoms with Crippen molar-refractivity contribution in [2.45, 2.75) is 6.18 Å². The van der Waals surface area contributed by atoms with Crippen LogP contribution in [0.1, 0.15) is 16.1 Å². The third-order valence-electron chi connectivity index (χ3n) is 4.71. The van der Waals surface area contributed by atoms with Gasteiger partial charge in [0.2, 0.25) is 0 Å². The molecule has 1 saturated heterocycles. The van der Waals surface area contributed by atoms with E-state index in [2.05, 4.69) is 15.3 Å². The summed E-state index contributed by atoms with van der Waals surface area (Å²) in [4.78, 5) is 16.1. The molecule has 10 heteroatoms. The van der Waals surface area contributed by atoms with E-state index >= 15 is 0 Å². The molecule has 29 heavy (non-hydrogen) atoms. The Bertz CT molecular complexity index is 980. The summed E-state index contributed by atoms with van der Waals surface area (Å²) in [7, 11) is 0. The van der Waals surface area contributed by atoms with Gasteiger partial charge in [-0.1, -0.05) is 6.07 Å². The molecule has 0 saturated carbocycles. The number of anilines is 1. The summed E-state index contributed by atoms with van der Waals surface area (Å²) in [6.07, 6.45) is -1.04. The number of carbonyl (C=O) groups excluding carboxylic acids is 1. The van der Waals surface area contributed by atoms with Gasteiger partial charge in [-0.2, -0.15) is 18.3 Å². The van der Waals surface area contributed by atoms with Crippen LogP contribution in [0.25, 0.3) is 5.82 Å². The number of carbonyl (C=O) groups is 1. The number of amides is 1. The van der Waals surface area contributed by atoms with E-state index in [-0.39, 0.29) is 11.6 Å². The fraction of sp³-hybridized carbons (Fsp3) is 0.263. The minimum absolute atomic E-state index is 0.216. The van der Waals surface area contributed by atoms with Crippen LogP contribution in [0, 0.1) is 0 Å². The molecular formula is C19H17F3N6O. The van der Waals surface area contributed by atoms with Crippen molar-refractivity contribution in [1.29, 1.82) is 0 Å². The summed E-state index contributed by atoms with van der Waals surface area (Å²) in [5, 5.41) is 12.1. The molecule has 1 amide bonds. The van der Waals surface area contributed by atoms with Crippen LogP contribution in [-0.4, -0.2) is 57.0 Å². The molecule has 0 N–H and O–H groups in total. The molecule has 1 aromatic carbocycles. The molecular weight excluding hydrogens is 385 g/mol. The van der Waals surface area contributed by atoms with Crippen molar-refractivity contribution in [1.82, 2.24) is 24.9 Å². The van der Waals surface area contributed by atoms with E-state index in [4.69, 9.17) is 0 Å². The molecule has 150 valence electrons. The minimum Gasteiger partial charge on any atom is -0.368 e. The number of hydrogen-bond acceptors (Lipinski definition) is 5. The largest absolute Gasteiger partial charge is 0.416 e. The summed E-state index contributed by atoms with van der Waals surface area (Å²) in [5.74, 6) is 0.245. The van der Waals surface area contributed by atoms with E-state index in [1.54, 1.807) is 41.6 Å². The highest BCUT2D eigenvalue weighted by atomic mass is 19.4. The molecule has 0 atom stereocenters. The first-order valence-corrected chi connectivity index (χ1v) is 8.97. The van der Waals surface area contributed by atoms with Crippen LogP contribution in [0.4, 0.5) is 18.9 Å². The Morgan fingerprint density at radius 1 is 0.966 bits per heavy atom. The summed E-state index contributed by atoms with van der Waals surface area (Å²) in [6.45, 7) is 1.65. The van der Waals surface area contributed by atoms with Gasteiger partial charge in [0, 0.05) is 44.3 Å². The number of rotatable bonds is 3. The second-order valence-electron chi connectivity index (χ2n) is 6.55. The summed E-state index contributed by atoms with van der Waals surface area (Å²) < 4.78 is 40.3. The Labute approximate surface area is 164 Å². The third-order valence-corrected chi connectivity index (χ3v) is 4.71. The maximum atomic E-state index is 12.9. The molecule has 0 spiro atoms. The number of piperazine rings is 1. The molecule has 1 aliphatic rings. The van der Waals surface area contributed by atoms with Crippen molar-refractivity contribution >= 4 is 11.6 Å². The number of nitrogens with zero attached hydrogens (tertiary/aromatic N) is 6. The van der Waals surface area contributed by atoms with E-state index in [0.717, 1.165) is 12.1 Å². The Morgan fingerprint density at radius 3 is 2.38 bits per heavy atom. The van der Waals surface area contributed by atoms with Crippen molar-refractivity contribution in [2.75, 3.05) is 31.1 Å². The lowest BCUT2D eigenvalue weighted by Crippen LogP contribution is -2.49. The molecule has 0 radical (unpaired) electrons. The normalized spacial score (nSPS) is 14.9. The van der Waals surface area contributed by atoms with Crippen LogP contribution in [0.15, 0.2) is 54.9 Å². The fourth-order valence-electron chi connectivity index (χ4n) is 3.17. The highest BCUT2D eigenvalue weighted by molar-refractivity contribution is 5.92. The molecule has 7 nitrogen and oxygen atoms in total. The second-order valence-corrected chi connectivity index (χ2v) is 6.55. The zero-order valence-electron chi connectivity index (χ0n) is 15.3. The maximum Gasteiger partial charge on any atom is 0.416 e. The molecule has 0 bridgehead atoms. The Balaban J connectivity index is 1.40. The second kappa shape index (κ2) is 7.53. The van der Waals surface area contributed by atoms with Gasteiger partial charge in [0.1, 0.15) is 0 Å². The topological polar surface area (TPSA) is 67.2 Å². The molecule has 0 aliphatic carbocycles. The van der Waals surface area contributed by atoms with Gasteiger partial charge in [-0.15, -0.1) is 10.2 Å². The van der Waals surface area contributed by atoms with Crippen LogP contribution >= 0.6 is 0 Å². The molecule has 2 aromatic heterocycles. The molecule has 1 fully saturated rings. The average molecular weight is 402 g/mol. The Morgan fingerprint density at radius 2 is 1.76 bits per heavy atom. The van der Waals surface area contributed by atoms with Crippen LogP contribution in [-0.2, 0) is 6.18 Å². The van der Waals surface area contributed by atoms with Gasteiger partial charge in [-0.25, -0.2) is 4.68 Å². The number of benzene rings is 1. The van der Waals surface area contributed by atoms with Gasteiger partial charge >= 0.3 is 6.18 Å². The van der Waals surface area contributed by atoms with Gasteiger partial charge in [0.25, 0.3) is 5.91 Å². The standard InChI is InChI=1S/C19H17F3N6O/c20-19(21,22)14-3-1-4-15(13-14)26-9-11-27(12-10-26)18(29)16-5-6-17(25-24-16)28-8-2-7-23-28/h1-8,13H,9-12H2. The summed E-state index contributed by atoms with van der Waals surface area (Å²) in [5.41, 5.74) is 0.0322. The van der Waals surface area contributed by atoms with Gasteiger partial charge in [0.15, 0.2) is 11.5 Å². The first kappa shape index (κ1) is 18.9. The molecule has 1 aliphatic heterocycles. The van der Waals surface area contributed by atoms with Crippen molar-refractivity contribution < 1.29 is 18.0 Å². The van der Waals surface area contributed by atoms with Crippen LogP contribution in [0.5, 0.6) is 0 Å². The van der Waals surface area contributed by atoms with E-state index < -0.39 is 11.7 Å². The van der Waals surface area contributed by atoms with Gasteiger partial charge in [-0.3, -0.25) is 4.79 Å². The Kier molecular flexibility index (Phi) is 4.91. The van der Waals surface area contributed by atoms with Gasteiger partial charge in [0.05, 0.1) is 5.56 Å². The third kappa shape index (κ3) is 4.05. The van der Waals surface area contributed by atoms with E-state index in [9.17, 15) is 18.0 Å². The predicted octanol–water partition coefficient (Wildman–Crippen LogP) is 2.64. The molecule has 4 rings (SSSR count). The Hall–Kier alpha value is -3.43. The van der Waals surface area contributed by atoms with Crippen molar-refractivity contribution in [3.05, 3.63) is 66.1 Å². The van der Waals surface area contributed by atoms with Crippen LogP contribution < -0.4 is 4.90 Å². The fourth-order valence-corrected chi connectivity index (χ4v) is 3.17. The maximum absolute atomic E-state index is 12.9. The quantitative estimate of drug-likeness (QED) is 0.674. The first-order valence-electron chi connectivity index (χ1n) is 8.97. The van der Waals surface area contributed by atoms with Crippen LogP contribution in [0.3, 0.4) is 0 Å². The number of halogens is 3. The zero-order chi connectivity index (χ0) is 20.4. The number of alkyl halides is 3. The zero-order valence-corrected chi connectivity index (χ0v) is 15.3. The van der Waals surface area contributed by atoms with Gasteiger partial charge < -0.3 is 9.80 Å². The van der Waals surface area contributed by atoms with E-state index in [1.165, 1.54) is 10.7 Å². The van der Waals surface area contributed by atoms with Crippen molar-refractivity contribution in [3.63, 3.8) is 0 Å². The predicted molar refractivity (Wildman–Crippen MR) is 98.7 cm³/mol. The SMILES string of the molecule is O=C(c1ccc(-n2cccn2)nn1)N1CCN(c2cccc(C(F)(F)F)c2)CC1. The van der Waals surface area contributed by atoms with Crippen molar-refractivity contribution in [3.8, 4) is 5.82 Å². The molecule has 0 unspecified atom stereocenters. The first-order chi connectivity index (χ1) is 13.9. The lowest BCUT2D eigenvalue weighted by atomic mass is 10.1. The van der Waals surface area contributed by atoms with E-state index in [0.29, 0.717) is 37.7 Å². The average Bonchev–Trinajstić information content (AvgIpc) is 3.28. The summed E-state index contributed by atoms with van der Waals surface area (Å²) >= 11 is 0. The highest BCUT2D eigenvalue weighted by Gasteiger charge is 2.31. The van der Waals surface area contributed by atoms with Gasteiger partial charge in [-0.05, 0) is 36.4 Å². The van der Waals surface area contributed by atoms with Crippen LogP contribution in [0.2, 0.25) is 0 Å².